The molecule has 1 atom stereocenters. The third-order valence-corrected chi connectivity index (χ3v) is 3.54. The van der Waals surface area contributed by atoms with Crippen LogP contribution in [0.4, 0.5) is 4.39 Å². The quantitative estimate of drug-likeness (QED) is 0.788. The van der Waals surface area contributed by atoms with E-state index in [-0.39, 0.29) is 16.9 Å². The van der Waals surface area contributed by atoms with Crippen LogP contribution in [0.3, 0.4) is 0 Å². The normalized spacial score (nSPS) is 21.7. The first-order chi connectivity index (χ1) is 8.20. The molecule has 0 aliphatic carbocycles. The molecule has 0 bridgehead atoms. The van der Waals surface area contributed by atoms with Gasteiger partial charge < -0.3 is 4.74 Å². The van der Waals surface area contributed by atoms with E-state index in [0.717, 1.165) is 18.7 Å². The van der Waals surface area contributed by atoms with Gasteiger partial charge in [-0.2, -0.15) is 0 Å². The number of hydrogen-bond acceptors (Lipinski definition) is 2. The fourth-order valence-corrected chi connectivity index (χ4v) is 2.40. The van der Waals surface area contributed by atoms with Gasteiger partial charge in [-0.25, -0.2) is 4.39 Å². The largest absolute Gasteiger partial charge is 0.378 e. The van der Waals surface area contributed by atoms with E-state index in [2.05, 4.69) is 4.90 Å². The van der Waals surface area contributed by atoms with Gasteiger partial charge in [0, 0.05) is 25.0 Å². The van der Waals surface area contributed by atoms with E-state index in [0.29, 0.717) is 19.1 Å². The van der Waals surface area contributed by atoms with Crippen LogP contribution in [0.25, 0.3) is 0 Å². The molecule has 1 fully saturated rings. The first-order valence-corrected chi connectivity index (χ1v) is 6.43. The summed E-state index contributed by atoms with van der Waals surface area (Å²) in [5.74, 6) is 0.154. The van der Waals surface area contributed by atoms with Crippen molar-refractivity contribution in [3.63, 3.8) is 0 Å². The summed E-state index contributed by atoms with van der Waals surface area (Å²) >= 11 is 11.6. The minimum absolute atomic E-state index is 0.165. The molecule has 1 unspecified atom stereocenters. The Balaban J connectivity index is 2.05. The molecule has 94 valence electrons. The van der Waals surface area contributed by atoms with Crippen LogP contribution in [0, 0.1) is 5.82 Å². The van der Waals surface area contributed by atoms with Gasteiger partial charge in [0.05, 0.1) is 18.2 Å². The highest BCUT2D eigenvalue weighted by Crippen LogP contribution is 2.19. The van der Waals surface area contributed by atoms with E-state index >= 15 is 0 Å². The number of morpholine rings is 1. The van der Waals surface area contributed by atoms with E-state index < -0.39 is 0 Å². The lowest BCUT2D eigenvalue weighted by molar-refractivity contribution is -0.00304. The van der Waals surface area contributed by atoms with Crippen molar-refractivity contribution in [3.8, 4) is 0 Å². The first kappa shape index (κ1) is 13.1. The SMILES string of the molecule is Fc1ccc(CN2CCOCC2CCl)cc1Cl. The molecule has 1 heterocycles. The number of benzene rings is 1. The third kappa shape index (κ3) is 3.32. The molecule has 1 saturated heterocycles. The van der Waals surface area contributed by atoms with Gasteiger partial charge in [0.25, 0.3) is 0 Å². The molecular formula is C12H14Cl2FNO. The van der Waals surface area contributed by atoms with E-state index in [1.807, 2.05) is 0 Å². The van der Waals surface area contributed by atoms with Crippen LogP contribution in [-0.4, -0.2) is 36.6 Å². The lowest BCUT2D eigenvalue weighted by Crippen LogP contribution is -2.45. The second-order valence-electron chi connectivity index (χ2n) is 4.10. The Morgan fingerprint density at radius 2 is 2.29 bits per heavy atom. The molecule has 0 spiro atoms. The van der Waals surface area contributed by atoms with E-state index in [9.17, 15) is 4.39 Å². The lowest BCUT2D eigenvalue weighted by atomic mass is 10.1. The summed E-state index contributed by atoms with van der Waals surface area (Å²) in [6.45, 7) is 2.92. The molecule has 0 saturated carbocycles. The minimum atomic E-state index is -0.383. The van der Waals surface area contributed by atoms with Crippen LogP contribution in [0.15, 0.2) is 18.2 Å². The van der Waals surface area contributed by atoms with Crippen molar-refractivity contribution in [2.45, 2.75) is 12.6 Å². The third-order valence-electron chi connectivity index (χ3n) is 2.90. The van der Waals surface area contributed by atoms with E-state index in [4.69, 9.17) is 27.9 Å². The van der Waals surface area contributed by atoms with Crippen LogP contribution >= 0.6 is 23.2 Å². The molecule has 1 aromatic carbocycles. The van der Waals surface area contributed by atoms with Gasteiger partial charge in [0.1, 0.15) is 5.82 Å². The molecule has 2 rings (SSSR count). The van der Waals surface area contributed by atoms with Gasteiger partial charge in [-0.3, -0.25) is 4.90 Å². The van der Waals surface area contributed by atoms with Gasteiger partial charge in [0.2, 0.25) is 0 Å². The fraction of sp³-hybridized carbons (Fsp3) is 0.500. The number of halogens is 3. The molecule has 0 N–H and O–H groups in total. The van der Waals surface area contributed by atoms with Gasteiger partial charge in [-0.15, -0.1) is 11.6 Å². The van der Waals surface area contributed by atoms with E-state index in [1.54, 1.807) is 12.1 Å². The summed E-state index contributed by atoms with van der Waals surface area (Å²) in [5.41, 5.74) is 0.994. The van der Waals surface area contributed by atoms with Crippen molar-refractivity contribution >= 4 is 23.2 Å². The maximum Gasteiger partial charge on any atom is 0.141 e. The Hall–Kier alpha value is -0.350. The maximum absolute atomic E-state index is 13.0. The van der Waals surface area contributed by atoms with Crippen molar-refractivity contribution in [1.82, 2.24) is 4.90 Å². The molecular weight excluding hydrogens is 264 g/mol. The fourth-order valence-electron chi connectivity index (χ4n) is 1.91. The molecule has 5 heteroatoms. The second-order valence-corrected chi connectivity index (χ2v) is 4.82. The first-order valence-electron chi connectivity index (χ1n) is 5.52. The molecule has 17 heavy (non-hydrogen) atoms. The maximum atomic E-state index is 13.0. The molecule has 1 aliphatic rings. The van der Waals surface area contributed by atoms with Gasteiger partial charge in [0.15, 0.2) is 0 Å². The van der Waals surface area contributed by atoms with Crippen molar-refractivity contribution in [2.24, 2.45) is 0 Å². The summed E-state index contributed by atoms with van der Waals surface area (Å²) < 4.78 is 18.4. The van der Waals surface area contributed by atoms with Crippen LogP contribution in [0.5, 0.6) is 0 Å². The second kappa shape index (κ2) is 6.01. The Morgan fingerprint density at radius 1 is 1.47 bits per heavy atom. The van der Waals surface area contributed by atoms with Crippen LogP contribution in [0.1, 0.15) is 5.56 Å². The Morgan fingerprint density at radius 3 is 3.00 bits per heavy atom. The molecule has 0 amide bonds. The Kier molecular flexibility index (Phi) is 4.62. The Bertz CT molecular complexity index is 389. The summed E-state index contributed by atoms with van der Waals surface area (Å²) in [4.78, 5) is 2.24. The van der Waals surface area contributed by atoms with Gasteiger partial charge >= 0.3 is 0 Å². The highest BCUT2D eigenvalue weighted by atomic mass is 35.5. The number of alkyl halides is 1. The zero-order chi connectivity index (χ0) is 12.3. The van der Waals surface area contributed by atoms with Crippen molar-refractivity contribution < 1.29 is 9.13 Å². The molecule has 1 aliphatic heterocycles. The predicted octanol–water partition coefficient (Wildman–Crippen LogP) is 2.92. The van der Waals surface area contributed by atoms with Crippen molar-refractivity contribution in [3.05, 3.63) is 34.6 Å². The minimum Gasteiger partial charge on any atom is -0.378 e. The average molecular weight is 278 g/mol. The topological polar surface area (TPSA) is 12.5 Å². The number of rotatable bonds is 3. The van der Waals surface area contributed by atoms with Crippen molar-refractivity contribution in [2.75, 3.05) is 25.6 Å². The zero-order valence-electron chi connectivity index (χ0n) is 9.33. The highest BCUT2D eigenvalue weighted by molar-refractivity contribution is 6.30. The molecule has 1 aromatic rings. The molecule has 0 aromatic heterocycles. The number of nitrogens with zero attached hydrogens (tertiary/aromatic N) is 1. The molecule has 2 nitrogen and oxygen atoms in total. The summed E-state index contributed by atoms with van der Waals surface area (Å²) in [6.07, 6.45) is 0. The summed E-state index contributed by atoms with van der Waals surface area (Å²) in [5, 5.41) is 0.165. The van der Waals surface area contributed by atoms with E-state index in [1.165, 1.54) is 6.07 Å². The van der Waals surface area contributed by atoms with Crippen molar-refractivity contribution in [1.29, 1.82) is 0 Å². The lowest BCUT2D eigenvalue weighted by Gasteiger charge is -2.34. The average Bonchev–Trinajstić information content (AvgIpc) is 2.34. The summed E-state index contributed by atoms with van der Waals surface area (Å²) in [7, 11) is 0. The van der Waals surface area contributed by atoms with Crippen LogP contribution < -0.4 is 0 Å². The zero-order valence-corrected chi connectivity index (χ0v) is 10.8. The standard InChI is InChI=1S/C12H14Cl2FNO/c13-6-10-8-17-4-3-16(10)7-9-1-2-12(15)11(14)5-9/h1-2,5,10H,3-4,6-8H2. The number of ether oxygens (including phenoxy) is 1. The molecule has 0 radical (unpaired) electrons. The predicted molar refractivity (Wildman–Crippen MR) is 67.1 cm³/mol. The van der Waals surface area contributed by atoms with Crippen LogP contribution in [0.2, 0.25) is 5.02 Å². The van der Waals surface area contributed by atoms with Gasteiger partial charge in [-0.05, 0) is 17.7 Å². The monoisotopic (exact) mass is 277 g/mol. The van der Waals surface area contributed by atoms with Crippen LogP contribution in [-0.2, 0) is 11.3 Å². The summed E-state index contributed by atoms with van der Waals surface area (Å²) in [6, 6.07) is 5.03. The Labute approximate surface area is 110 Å². The number of hydrogen-bond donors (Lipinski definition) is 0. The highest BCUT2D eigenvalue weighted by Gasteiger charge is 2.22. The van der Waals surface area contributed by atoms with Gasteiger partial charge in [-0.1, -0.05) is 17.7 Å². The smallest absolute Gasteiger partial charge is 0.141 e.